The van der Waals surface area contributed by atoms with Crippen molar-refractivity contribution in [2.75, 3.05) is 0 Å². The lowest BCUT2D eigenvalue weighted by Gasteiger charge is -2.38. The molecule has 0 bridgehead atoms. The Morgan fingerprint density at radius 2 is 1.94 bits per heavy atom. The maximum Gasteiger partial charge on any atom is 0.193 e. The summed E-state index contributed by atoms with van der Waals surface area (Å²) >= 11 is 0. The first-order valence-electron chi connectivity index (χ1n) is 6.19. The third kappa shape index (κ3) is 2.26. The molecule has 0 radical (unpaired) electrons. The number of rotatable bonds is 2. The average molecular weight is 254 g/mol. The second kappa shape index (κ2) is 3.77. The molecule has 17 heavy (non-hydrogen) atoms. The minimum absolute atomic E-state index is 0.0275. The highest BCUT2D eigenvalue weighted by Gasteiger charge is 2.54. The molecule has 1 aliphatic carbocycles. The van der Waals surface area contributed by atoms with Crippen molar-refractivity contribution in [1.29, 1.82) is 0 Å². The van der Waals surface area contributed by atoms with Gasteiger partial charge in [0.1, 0.15) is 12.2 Å². The first-order chi connectivity index (χ1) is 7.63. The van der Waals surface area contributed by atoms with Crippen LogP contribution in [0, 0.1) is 0 Å². The lowest BCUT2D eigenvalue weighted by Crippen LogP contribution is -2.46. The number of carbonyl (C=O) groups is 1. The number of fused-ring (bicyclic) bond motifs is 1. The summed E-state index contributed by atoms with van der Waals surface area (Å²) in [4.78, 5) is 11.6. The predicted octanol–water partition coefficient (Wildman–Crippen LogP) is 2.67. The second-order valence-electron chi connectivity index (χ2n) is 6.58. The van der Waals surface area contributed by atoms with Crippen LogP contribution in [0.4, 0.5) is 0 Å². The van der Waals surface area contributed by atoms with Gasteiger partial charge in [0.2, 0.25) is 0 Å². The molecule has 3 nitrogen and oxygen atoms in total. The second-order valence-corrected chi connectivity index (χ2v) is 11.3. The summed E-state index contributed by atoms with van der Waals surface area (Å²) in [5, 5.41) is 0.181. The van der Waals surface area contributed by atoms with E-state index in [0.29, 0.717) is 0 Å². The van der Waals surface area contributed by atoms with Crippen molar-refractivity contribution in [1.82, 2.24) is 0 Å². The summed E-state index contributed by atoms with van der Waals surface area (Å²) in [5.41, 5.74) is 0.785. The number of epoxide rings is 1. The van der Waals surface area contributed by atoms with Gasteiger partial charge in [0.15, 0.2) is 14.1 Å². The summed E-state index contributed by atoms with van der Waals surface area (Å²) in [6.07, 6.45) is 1.66. The standard InChI is InChI=1S/C13H22O3Si/c1-8-7-9(11-12(15-11)10(8)14)16-17(5,6)13(2,3)4/h7,9,11-12H,1-6H3/t9-,11-,12+/m1/s1. The molecule has 1 heterocycles. The molecule has 2 aliphatic rings. The van der Waals surface area contributed by atoms with Gasteiger partial charge in [-0.25, -0.2) is 0 Å². The molecule has 96 valence electrons. The Bertz CT molecular complexity index is 379. The zero-order valence-corrected chi connectivity index (χ0v) is 12.5. The zero-order chi connectivity index (χ0) is 13.0. The monoisotopic (exact) mass is 254 g/mol. The maximum atomic E-state index is 11.6. The van der Waals surface area contributed by atoms with Crippen LogP contribution in [0.5, 0.6) is 0 Å². The Balaban J connectivity index is 2.13. The van der Waals surface area contributed by atoms with E-state index < -0.39 is 8.32 Å². The van der Waals surface area contributed by atoms with Gasteiger partial charge < -0.3 is 9.16 Å². The summed E-state index contributed by atoms with van der Waals surface area (Å²) in [6, 6.07) is 0. The Kier molecular flexibility index (Phi) is 2.88. The van der Waals surface area contributed by atoms with E-state index >= 15 is 0 Å². The maximum absolute atomic E-state index is 11.6. The predicted molar refractivity (Wildman–Crippen MR) is 69.5 cm³/mol. The minimum Gasteiger partial charge on any atom is -0.408 e. The molecule has 0 amide bonds. The van der Waals surface area contributed by atoms with Gasteiger partial charge in [-0.05, 0) is 36.7 Å². The third-order valence-corrected chi connectivity index (χ3v) is 8.62. The van der Waals surface area contributed by atoms with Crippen molar-refractivity contribution >= 4 is 14.1 Å². The average Bonchev–Trinajstić information content (AvgIpc) is 2.91. The minimum atomic E-state index is -1.79. The summed E-state index contributed by atoms with van der Waals surface area (Å²) in [6.45, 7) is 13.0. The van der Waals surface area contributed by atoms with Crippen LogP contribution in [0.2, 0.25) is 18.1 Å². The van der Waals surface area contributed by atoms with Crippen molar-refractivity contribution in [3.05, 3.63) is 11.6 Å². The molecule has 4 heteroatoms. The van der Waals surface area contributed by atoms with Crippen LogP contribution in [0.15, 0.2) is 11.6 Å². The SMILES string of the molecule is CC1=C[C@@H](O[Si](C)(C)C(C)(C)C)[C@H]2O[C@H]2C1=O. The van der Waals surface area contributed by atoms with Gasteiger partial charge in [-0.1, -0.05) is 20.8 Å². The molecule has 1 fully saturated rings. The number of hydrogen-bond donors (Lipinski definition) is 0. The van der Waals surface area contributed by atoms with Gasteiger partial charge in [-0.3, -0.25) is 4.79 Å². The van der Waals surface area contributed by atoms with Crippen LogP contribution in [0.3, 0.4) is 0 Å². The highest BCUT2D eigenvalue weighted by atomic mass is 28.4. The Morgan fingerprint density at radius 3 is 2.47 bits per heavy atom. The highest BCUT2D eigenvalue weighted by molar-refractivity contribution is 6.74. The highest BCUT2D eigenvalue weighted by Crippen LogP contribution is 2.42. The first-order valence-corrected chi connectivity index (χ1v) is 9.10. The van der Waals surface area contributed by atoms with Crippen molar-refractivity contribution in [2.24, 2.45) is 0 Å². The fourth-order valence-corrected chi connectivity index (χ4v) is 3.09. The van der Waals surface area contributed by atoms with Crippen molar-refractivity contribution in [3.63, 3.8) is 0 Å². The van der Waals surface area contributed by atoms with Crippen LogP contribution in [-0.4, -0.2) is 32.4 Å². The fraction of sp³-hybridized carbons (Fsp3) is 0.769. The molecule has 3 atom stereocenters. The van der Waals surface area contributed by atoms with Crippen molar-refractivity contribution in [3.8, 4) is 0 Å². The smallest absolute Gasteiger partial charge is 0.193 e. The Hall–Kier alpha value is -0.453. The van der Waals surface area contributed by atoms with Gasteiger partial charge in [-0.2, -0.15) is 0 Å². The molecule has 1 saturated heterocycles. The first kappa shape index (κ1) is 13.0. The topological polar surface area (TPSA) is 38.8 Å². The quantitative estimate of drug-likeness (QED) is 0.562. The lowest BCUT2D eigenvalue weighted by molar-refractivity contribution is -0.116. The number of carbonyl (C=O) groups excluding carboxylic acids is 1. The van der Waals surface area contributed by atoms with E-state index in [0.717, 1.165) is 5.57 Å². The van der Waals surface area contributed by atoms with Crippen LogP contribution in [0.25, 0.3) is 0 Å². The molecule has 0 aromatic carbocycles. The summed E-state index contributed by atoms with van der Waals surface area (Å²) < 4.78 is 11.7. The molecule has 0 aromatic heterocycles. The van der Waals surface area contributed by atoms with Crippen molar-refractivity contribution in [2.45, 2.75) is 64.1 Å². The van der Waals surface area contributed by atoms with Crippen LogP contribution in [0.1, 0.15) is 27.7 Å². The molecule has 0 saturated carbocycles. The van der Waals surface area contributed by atoms with Gasteiger partial charge in [-0.15, -0.1) is 0 Å². The Morgan fingerprint density at radius 1 is 1.35 bits per heavy atom. The van der Waals surface area contributed by atoms with Gasteiger partial charge in [0.25, 0.3) is 0 Å². The molecular weight excluding hydrogens is 232 g/mol. The van der Waals surface area contributed by atoms with Crippen LogP contribution >= 0.6 is 0 Å². The van der Waals surface area contributed by atoms with Gasteiger partial charge >= 0.3 is 0 Å². The van der Waals surface area contributed by atoms with E-state index in [1.807, 2.05) is 13.0 Å². The van der Waals surface area contributed by atoms with E-state index in [9.17, 15) is 4.79 Å². The molecule has 0 unspecified atom stereocenters. The third-order valence-electron chi connectivity index (χ3n) is 4.15. The molecule has 0 aromatic rings. The molecule has 0 N–H and O–H groups in total. The van der Waals surface area contributed by atoms with E-state index in [1.54, 1.807) is 0 Å². The van der Waals surface area contributed by atoms with E-state index in [2.05, 4.69) is 33.9 Å². The number of ketones is 1. The number of ether oxygens (including phenoxy) is 1. The van der Waals surface area contributed by atoms with E-state index in [-0.39, 0.29) is 29.1 Å². The molecular formula is C13H22O3Si. The molecule has 2 rings (SSSR count). The number of Topliss-reactive ketones (excluding diaryl/α,β-unsaturated/α-hetero) is 1. The molecule has 1 aliphatic heterocycles. The summed E-state index contributed by atoms with van der Waals surface area (Å²) in [7, 11) is -1.79. The Labute approximate surface area is 104 Å². The fourth-order valence-electron chi connectivity index (χ4n) is 1.85. The van der Waals surface area contributed by atoms with E-state index in [4.69, 9.17) is 9.16 Å². The van der Waals surface area contributed by atoms with Gasteiger partial charge in [0.05, 0.1) is 6.10 Å². The van der Waals surface area contributed by atoms with Crippen LogP contribution < -0.4 is 0 Å². The largest absolute Gasteiger partial charge is 0.408 e. The normalized spacial score (nSPS) is 33.2. The van der Waals surface area contributed by atoms with E-state index in [1.165, 1.54) is 0 Å². The zero-order valence-electron chi connectivity index (χ0n) is 11.5. The molecule has 0 spiro atoms. The lowest BCUT2D eigenvalue weighted by atomic mass is 9.98. The van der Waals surface area contributed by atoms with Crippen LogP contribution in [-0.2, 0) is 14.0 Å². The van der Waals surface area contributed by atoms with Crippen molar-refractivity contribution < 1.29 is 14.0 Å². The number of hydrogen-bond acceptors (Lipinski definition) is 3. The van der Waals surface area contributed by atoms with Gasteiger partial charge in [0, 0.05) is 0 Å². The summed E-state index contributed by atoms with van der Waals surface area (Å²) in [5.74, 6) is 0.130.